The van der Waals surface area contributed by atoms with E-state index in [1.54, 1.807) is 0 Å². The SMILES string of the molecule is OCc1cc(O)c[nH]1. The van der Waals surface area contributed by atoms with Crippen LogP contribution in [0.3, 0.4) is 0 Å². The van der Waals surface area contributed by atoms with Crippen LogP contribution in [0.15, 0.2) is 12.3 Å². The molecule has 3 N–H and O–H groups in total. The zero-order valence-electron chi connectivity index (χ0n) is 4.26. The summed E-state index contributed by atoms with van der Waals surface area (Å²) in [6, 6.07) is 1.47. The van der Waals surface area contributed by atoms with Crippen molar-refractivity contribution in [2.45, 2.75) is 6.61 Å². The van der Waals surface area contributed by atoms with Crippen molar-refractivity contribution in [3.63, 3.8) is 0 Å². The highest BCUT2D eigenvalue weighted by molar-refractivity contribution is 5.20. The number of aliphatic hydroxyl groups is 1. The van der Waals surface area contributed by atoms with Crippen LogP contribution >= 0.6 is 0 Å². The van der Waals surface area contributed by atoms with Crippen LogP contribution in [-0.4, -0.2) is 15.2 Å². The fourth-order valence-corrected chi connectivity index (χ4v) is 0.520. The van der Waals surface area contributed by atoms with Gasteiger partial charge in [0, 0.05) is 18.0 Å². The van der Waals surface area contributed by atoms with Gasteiger partial charge in [0.2, 0.25) is 0 Å². The minimum Gasteiger partial charge on any atom is -0.506 e. The number of H-pyrrole nitrogens is 1. The van der Waals surface area contributed by atoms with Crippen LogP contribution in [0.2, 0.25) is 0 Å². The summed E-state index contributed by atoms with van der Waals surface area (Å²) in [7, 11) is 0. The van der Waals surface area contributed by atoms with Crippen molar-refractivity contribution < 1.29 is 10.2 Å². The van der Waals surface area contributed by atoms with Crippen LogP contribution in [-0.2, 0) is 6.61 Å². The molecule has 0 atom stereocenters. The van der Waals surface area contributed by atoms with Crippen molar-refractivity contribution >= 4 is 0 Å². The number of hydrogen-bond acceptors (Lipinski definition) is 2. The van der Waals surface area contributed by atoms with Gasteiger partial charge in [0.25, 0.3) is 0 Å². The second-order valence-electron chi connectivity index (χ2n) is 1.54. The summed E-state index contributed by atoms with van der Waals surface area (Å²) >= 11 is 0. The largest absolute Gasteiger partial charge is 0.506 e. The molecule has 0 aliphatic carbocycles. The summed E-state index contributed by atoms with van der Waals surface area (Å²) in [5, 5.41) is 17.1. The fraction of sp³-hybridized carbons (Fsp3) is 0.200. The third-order valence-corrected chi connectivity index (χ3v) is 0.898. The molecule has 1 aromatic rings. The first kappa shape index (κ1) is 5.18. The molecule has 0 unspecified atom stereocenters. The maximum Gasteiger partial charge on any atom is 0.133 e. The lowest BCUT2D eigenvalue weighted by atomic mass is 10.4. The zero-order valence-corrected chi connectivity index (χ0v) is 4.26. The number of aromatic nitrogens is 1. The number of aromatic amines is 1. The smallest absolute Gasteiger partial charge is 0.133 e. The van der Waals surface area contributed by atoms with Crippen molar-refractivity contribution in [2.75, 3.05) is 0 Å². The van der Waals surface area contributed by atoms with Gasteiger partial charge in [-0.25, -0.2) is 0 Å². The minimum atomic E-state index is -0.0550. The molecule has 0 spiro atoms. The Balaban J connectivity index is 2.84. The van der Waals surface area contributed by atoms with Gasteiger partial charge in [0.15, 0.2) is 0 Å². The molecule has 3 heteroatoms. The van der Waals surface area contributed by atoms with Crippen LogP contribution < -0.4 is 0 Å². The summed E-state index contributed by atoms with van der Waals surface area (Å²) < 4.78 is 0. The highest BCUT2D eigenvalue weighted by atomic mass is 16.3. The van der Waals surface area contributed by atoms with Gasteiger partial charge in [0.05, 0.1) is 6.61 Å². The third kappa shape index (κ3) is 0.816. The third-order valence-electron chi connectivity index (χ3n) is 0.898. The van der Waals surface area contributed by atoms with E-state index in [9.17, 15) is 0 Å². The van der Waals surface area contributed by atoms with E-state index in [1.807, 2.05) is 0 Å². The number of rotatable bonds is 1. The molecule has 0 bridgehead atoms. The van der Waals surface area contributed by atoms with Crippen molar-refractivity contribution in [3.8, 4) is 5.75 Å². The fourth-order valence-electron chi connectivity index (χ4n) is 0.520. The van der Waals surface area contributed by atoms with Gasteiger partial charge in [-0.15, -0.1) is 0 Å². The quantitative estimate of drug-likeness (QED) is 0.487. The van der Waals surface area contributed by atoms with E-state index >= 15 is 0 Å². The highest BCUT2D eigenvalue weighted by Gasteiger charge is 1.91. The molecule has 1 rings (SSSR count). The Morgan fingerprint density at radius 3 is 2.62 bits per heavy atom. The van der Waals surface area contributed by atoms with Crippen LogP contribution in [0.4, 0.5) is 0 Å². The summed E-state index contributed by atoms with van der Waals surface area (Å²) in [5.41, 5.74) is 0.627. The van der Waals surface area contributed by atoms with Gasteiger partial charge in [-0.2, -0.15) is 0 Å². The van der Waals surface area contributed by atoms with Gasteiger partial charge in [0.1, 0.15) is 5.75 Å². The molecular formula is C5H7NO2. The van der Waals surface area contributed by atoms with Crippen molar-refractivity contribution in [1.82, 2.24) is 4.98 Å². The first-order valence-corrected chi connectivity index (χ1v) is 2.30. The van der Waals surface area contributed by atoms with Crippen molar-refractivity contribution in [1.29, 1.82) is 0 Å². The lowest BCUT2D eigenvalue weighted by Gasteiger charge is -1.81. The van der Waals surface area contributed by atoms with Crippen molar-refractivity contribution in [3.05, 3.63) is 18.0 Å². The van der Waals surface area contributed by atoms with E-state index in [0.29, 0.717) is 5.69 Å². The Morgan fingerprint density at radius 1 is 1.62 bits per heavy atom. The molecule has 3 nitrogen and oxygen atoms in total. The molecule has 1 heterocycles. The standard InChI is InChI=1S/C5H7NO2/c7-3-4-1-5(8)2-6-4/h1-2,6-8H,3H2. The van der Waals surface area contributed by atoms with Gasteiger partial charge in [-0.1, -0.05) is 0 Å². The summed E-state index contributed by atoms with van der Waals surface area (Å²) in [4.78, 5) is 2.66. The van der Waals surface area contributed by atoms with Crippen LogP contribution in [0.25, 0.3) is 0 Å². The second-order valence-corrected chi connectivity index (χ2v) is 1.54. The summed E-state index contributed by atoms with van der Waals surface area (Å²) in [6.07, 6.45) is 1.42. The van der Waals surface area contributed by atoms with Gasteiger partial charge < -0.3 is 15.2 Å². The molecule has 0 saturated heterocycles. The average molecular weight is 113 g/mol. The van der Waals surface area contributed by atoms with Crippen LogP contribution in [0, 0.1) is 0 Å². The maximum absolute atomic E-state index is 8.64. The van der Waals surface area contributed by atoms with E-state index in [0.717, 1.165) is 0 Å². The molecule has 0 amide bonds. The van der Waals surface area contributed by atoms with Crippen LogP contribution in [0.5, 0.6) is 5.75 Å². The van der Waals surface area contributed by atoms with Gasteiger partial charge >= 0.3 is 0 Å². The summed E-state index contributed by atoms with van der Waals surface area (Å²) in [6.45, 7) is -0.0550. The van der Waals surface area contributed by atoms with E-state index in [-0.39, 0.29) is 12.4 Å². The molecule has 0 saturated carbocycles. The van der Waals surface area contributed by atoms with Crippen molar-refractivity contribution in [2.24, 2.45) is 0 Å². The average Bonchev–Trinajstić information content (AvgIpc) is 2.14. The van der Waals surface area contributed by atoms with E-state index in [2.05, 4.69) is 4.98 Å². The second kappa shape index (κ2) is 1.88. The molecule has 0 aliphatic heterocycles. The molecule has 8 heavy (non-hydrogen) atoms. The molecule has 1 aromatic heterocycles. The van der Waals surface area contributed by atoms with E-state index < -0.39 is 0 Å². The predicted octanol–water partition coefficient (Wildman–Crippen LogP) is 0.213. The Kier molecular flexibility index (Phi) is 1.22. The first-order chi connectivity index (χ1) is 3.83. The molecular weight excluding hydrogens is 106 g/mol. The topological polar surface area (TPSA) is 56.2 Å². The predicted molar refractivity (Wildman–Crippen MR) is 28.4 cm³/mol. The van der Waals surface area contributed by atoms with Crippen LogP contribution in [0.1, 0.15) is 5.69 Å². The monoisotopic (exact) mass is 113 g/mol. The molecule has 44 valence electrons. The zero-order chi connectivity index (χ0) is 5.98. The highest BCUT2D eigenvalue weighted by Crippen LogP contribution is 2.08. The number of hydrogen-bond donors (Lipinski definition) is 3. The molecule has 0 radical (unpaired) electrons. The minimum absolute atomic E-state index is 0.0550. The lowest BCUT2D eigenvalue weighted by molar-refractivity contribution is 0.277. The van der Waals surface area contributed by atoms with Gasteiger partial charge in [-0.3, -0.25) is 0 Å². The normalized spacial score (nSPS) is 9.62. The number of aliphatic hydroxyl groups excluding tert-OH is 1. The first-order valence-electron chi connectivity index (χ1n) is 2.30. The number of aromatic hydroxyl groups is 1. The molecule has 0 fully saturated rings. The van der Waals surface area contributed by atoms with E-state index in [4.69, 9.17) is 10.2 Å². The maximum atomic E-state index is 8.64. The Hall–Kier alpha value is -0.960. The Bertz CT molecular complexity index is 171. The molecule has 0 aliphatic rings. The Labute approximate surface area is 46.6 Å². The molecule has 0 aromatic carbocycles. The van der Waals surface area contributed by atoms with Gasteiger partial charge in [-0.05, 0) is 0 Å². The summed E-state index contributed by atoms with van der Waals surface area (Å²) in [5.74, 6) is 0.161. The Morgan fingerprint density at radius 2 is 2.38 bits per heavy atom. The van der Waals surface area contributed by atoms with E-state index in [1.165, 1.54) is 12.3 Å². The number of nitrogens with one attached hydrogen (secondary N) is 1. The lowest BCUT2D eigenvalue weighted by Crippen LogP contribution is -1.77.